The Balaban J connectivity index is 1.32. The van der Waals surface area contributed by atoms with E-state index in [4.69, 9.17) is 21.1 Å². The molecule has 0 bridgehead atoms. The van der Waals surface area contributed by atoms with E-state index in [0.717, 1.165) is 75.3 Å². The quantitative estimate of drug-likeness (QED) is 0.571. The van der Waals surface area contributed by atoms with Crippen LogP contribution in [0.2, 0.25) is 5.02 Å². The average Bonchev–Trinajstić information content (AvgIpc) is 3.34. The first-order chi connectivity index (χ1) is 15.6. The first-order valence-corrected chi connectivity index (χ1v) is 11.9. The normalized spacial score (nSPS) is 19.2. The molecule has 172 valence electrons. The molecule has 2 saturated heterocycles. The summed E-state index contributed by atoms with van der Waals surface area (Å²) in [4.78, 5) is 23.2. The topological polar surface area (TPSA) is 76.6 Å². The number of halogens is 1. The maximum Gasteiger partial charge on any atom is 0.309 e. The number of nitrogens with one attached hydrogen (secondary N) is 1. The predicted octanol–water partition coefficient (Wildman–Crippen LogP) is 4.76. The molecule has 2 aliphatic heterocycles. The Kier molecular flexibility index (Phi) is 7.81. The summed E-state index contributed by atoms with van der Waals surface area (Å²) in [6, 6.07) is 8.22. The van der Waals surface area contributed by atoms with E-state index >= 15 is 0 Å². The van der Waals surface area contributed by atoms with Gasteiger partial charge in [-0.15, -0.1) is 0 Å². The molecule has 0 saturated carbocycles. The lowest BCUT2D eigenvalue weighted by Gasteiger charge is -2.32. The largest absolute Gasteiger partial charge is 0.466 e. The van der Waals surface area contributed by atoms with Gasteiger partial charge in [-0.2, -0.15) is 0 Å². The van der Waals surface area contributed by atoms with E-state index in [2.05, 4.69) is 32.3 Å². The van der Waals surface area contributed by atoms with Crippen molar-refractivity contribution in [2.75, 3.05) is 36.5 Å². The zero-order valence-corrected chi connectivity index (χ0v) is 19.3. The fourth-order valence-electron chi connectivity index (χ4n) is 4.33. The Morgan fingerprint density at radius 2 is 2.03 bits per heavy atom. The summed E-state index contributed by atoms with van der Waals surface area (Å²) in [5, 5.41) is 3.87. The molecule has 0 spiro atoms. The van der Waals surface area contributed by atoms with Crippen molar-refractivity contribution in [1.29, 1.82) is 0 Å². The number of piperidine rings is 1. The molecule has 8 heteroatoms. The standard InChI is InChI=1S/C24H31ClN4O3/c1-2-31-23(30)17-11-13-29(14-12-17)19-7-5-18(6-8-19)27-24-26-16-21(25)22(28-24)10-9-20-4-3-15-32-20/h5-8,16-17,20H,2-4,9-15H2,1H3,(H,26,27,28). The molecular formula is C24H31ClN4O3. The third-order valence-electron chi connectivity index (χ3n) is 6.15. The van der Waals surface area contributed by atoms with Crippen LogP contribution in [0.3, 0.4) is 0 Å². The molecule has 3 heterocycles. The molecule has 32 heavy (non-hydrogen) atoms. The summed E-state index contributed by atoms with van der Waals surface area (Å²) in [5.74, 6) is 0.494. The fourth-order valence-corrected chi connectivity index (χ4v) is 4.51. The van der Waals surface area contributed by atoms with Gasteiger partial charge in [-0.3, -0.25) is 4.79 Å². The number of anilines is 3. The summed E-state index contributed by atoms with van der Waals surface area (Å²) in [6.45, 7) is 4.86. The van der Waals surface area contributed by atoms with Crippen LogP contribution in [-0.2, 0) is 20.7 Å². The van der Waals surface area contributed by atoms with Crippen LogP contribution < -0.4 is 10.2 Å². The fraction of sp³-hybridized carbons (Fsp3) is 0.542. The lowest BCUT2D eigenvalue weighted by Crippen LogP contribution is -2.36. The van der Waals surface area contributed by atoms with Gasteiger partial charge >= 0.3 is 5.97 Å². The number of ether oxygens (including phenoxy) is 2. The number of hydrogen-bond acceptors (Lipinski definition) is 7. The van der Waals surface area contributed by atoms with Crippen LogP contribution in [0.1, 0.15) is 44.7 Å². The Bertz CT molecular complexity index is 895. The zero-order valence-electron chi connectivity index (χ0n) is 18.6. The third kappa shape index (κ3) is 5.90. The SMILES string of the molecule is CCOC(=O)C1CCN(c2ccc(Nc3ncc(Cl)c(CCC4CCCO4)n3)cc2)CC1. The van der Waals surface area contributed by atoms with Crippen molar-refractivity contribution >= 4 is 34.9 Å². The van der Waals surface area contributed by atoms with Gasteiger partial charge in [-0.25, -0.2) is 9.97 Å². The van der Waals surface area contributed by atoms with Crippen LogP contribution in [0.5, 0.6) is 0 Å². The Hall–Kier alpha value is -2.38. The van der Waals surface area contributed by atoms with Gasteiger partial charge in [-0.1, -0.05) is 11.6 Å². The molecular weight excluding hydrogens is 428 g/mol. The highest BCUT2D eigenvalue weighted by atomic mass is 35.5. The number of carbonyl (C=O) groups is 1. The Morgan fingerprint density at radius 1 is 1.25 bits per heavy atom. The van der Waals surface area contributed by atoms with Crippen molar-refractivity contribution < 1.29 is 14.3 Å². The van der Waals surface area contributed by atoms with Gasteiger partial charge < -0.3 is 19.7 Å². The molecule has 0 radical (unpaired) electrons. The van der Waals surface area contributed by atoms with Crippen LogP contribution in [-0.4, -0.2) is 48.3 Å². The summed E-state index contributed by atoms with van der Waals surface area (Å²) in [5.41, 5.74) is 2.91. The van der Waals surface area contributed by atoms with Crippen LogP contribution >= 0.6 is 11.6 Å². The van der Waals surface area contributed by atoms with Gasteiger partial charge in [0.1, 0.15) is 0 Å². The number of carbonyl (C=O) groups excluding carboxylic acids is 1. The second-order valence-electron chi connectivity index (χ2n) is 8.35. The first-order valence-electron chi connectivity index (χ1n) is 11.5. The molecule has 1 aromatic heterocycles. The summed E-state index contributed by atoms with van der Waals surface area (Å²) in [6.07, 6.45) is 7.57. The zero-order chi connectivity index (χ0) is 22.3. The van der Waals surface area contributed by atoms with Gasteiger partial charge in [0.25, 0.3) is 0 Å². The number of benzene rings is 1. The second kappa shape index (κ2) is 11.0. The van der Waals surface area contributed by atoms with Crippen LogP contribution in [0, 0.1) is 5.92 Å². The van der Waals surface area contributed by atoms with Gasteiger partial charge in [0, 0.05) is 31.1 Å². The van der Waals surface area contributed by atoms with Crippen LogP contribution in [0.15, 0.2) is 30.5 Å². The summed E-state index contributed by atoms with van der Waals surface area (Å²) < 4.78 is 10.9. The molecule has 2 fully saturated rings. The van der Waals surface area contributed by atoms with E-state index in [1.54, 1.807) is 6.20 Å². The van der Waals surface area contributed by atoms with Crippen molar-refractivity contribution in [3.63, 3.8) is 0 Å². The molecule has 1 aromatic carbocycles. The predicted molar refractivity (Wildman–Crippen MR) is 126 cm³/mol. The number of nitrogens with zero attached hydrogens (tertiary/aromatic N) is 3. The molecule has 2 aliphatic rings. The van der Waals surface area contributed by atoms with Crippen molar-refractivity contribution in [2.45, 2.75) is 51.6 Å². The minimum Gasteiger partial charge on any atom is -0.466 e. The Morgan fingerprint density at radius 3 is 2.72 bits per heavy atom. The van der Waals surface area contributed by atoms with Crippen LogP contribution in [0.4, 0.5) is 17.3 Å². The molecule has 2 aromatic rings. The van der Waals surface area contributed by atoms with Crippen molar-refractivity contribution in [1.82, 2.24) is 9.97 Å². The minimum absolute atomic E-state index is 0.0172. The number of esters is 1. The monoisotopic (exact) mass is 458 g/mol. The van der Waals surface area contributed by atoms with Crippen molar-refractivity contribution in [2.24, 2.45) is 5.92 Å². The second-order valence-corrected chi connectivity index (χ2v) is 8.75. The Labute approximate surface area is 194 Å². The van der Waals surface area contributed by atoms with Gasteiger partial charge in [0.2, 0.25) is 5.95 Å². The van der Waals surface area contributed by atoms with Crippen LogP contribution in [0.25, 0.3) is 0 Å². The third-order valence-corrected chi connectivity index (χ3v) is 6.46. The summed E-state index contributed by atoms with van der Waals surface area (Å²) >= 11 is 6.31. The number of aromatic nitrogens is 2. The lowest BCUT2D eigenvalue weighted by molar-refractivity contribution is -0.148. The number of rotatable bonds is 8. The highest BCUT2D eigenvalue weighted by Gasteiger charge is 2.26. The average molecular weight is 459 g/mol. The number of aryl methyl sites for hydroxylation is 1. The smallest absolute Gasteiger partial charge is 0.309 e. The molecule has 4 rings (SSSR count). The van der Waals surface area contributed by atoms with Gasteiger partial charge in [0.05, 0.1) is 35.5 Å². The van der Waals surface area contributed by atoms with E-state index in [0.29, 0.717) is 23.7 Å². The van der Waals surface area contributed by atoms with E-state index in [9.17, 15) is 4.79 Å². The highest BCUT2D eigenvalue weighted by molar-refractivity contribution is 6.31. The molecule has 1 unspecified atom stereocenters. The highest BCUT2D eigenvalue weighted by Crippen LogP contribution is 2.27. The lowest BCUT2D eigenvalue weighted by atomic mass is 9.96. The molecule has 0 aliphatic carbocycles. The maximum absolute atomic E-state index is 11.9. The van der Waals surface area contributed by atoms with E-state index in [1.807, 2.05) is 19.1 Å². The van der Waals surface area contributed by atoms with Gasteiger partial charge in [-0.05, 0) is 69.7 Å². The van der Waals surface area contributed by atoms with Crippen molar-refractivity contribution in [3.8, 4) is 0 Å². The molecule has 7 nitrogen and oxygen atoms in total. The minimum atomic E-state index is -0.0650. The van der Waals surface area contributed by atoms with Crippen molar-refractivity contribution in [3.05, 3.63) is 41.2 Å². The first kappa shape index (κ1) is 22.8. The van der Waals surface area contributed by atoms with Gasteiger partial charge in [0.15, 0.2) is 0 Å². The molecule has 1 atom stereocenters. The number of hydrogen-bond donors (Lipinski definition) is 1. The van der Waals surface area contributed by atoms with E-state index in [1.165, 1.54) is 0 Å². The molecule has 1 N–H and O–H groups in total. The van der Waals surface area contributed by atoms with E-state index in [-0.39, 0.29) is 11.9 Å². The summed E-state index contributed by atoms with van der Waals surface area (Å²) in [7, 11) is 0. The van der Waals surface area contributed by atoms with E-state index < -0.39 is 0 Å². The maximum atomic E-state index is 11.9. The molecule has 0 amide bonds.